The fourth-order valence-corrected chi connectivity index (χ4v) is 4.45. The molecule has 1 aliphatic rings. The standard InChI is InChI=1S/C25H33NO4/c1-2-7-21(28)16-22-24(29)25(30)23(17-27)26(22)15-6-8-18-11-13-20(14-12-18)19-9-4-3-5-10-19/h3-5,9-14,22-25,27,29-30H,2,6-8,15-17H2,1H3/t22-,23-,24-,25-/m1/s1. The van der Waals surface area contributed by atoms with E-state index in [1.807, 2.05) is 30.0 Å². The Morgan fingerprint density at radius 3 is 2.20 bits per heavy atom. The Hall–Kier alpha value is -2.05. The number of carbonyl (C=O) groups is 1. The first-order valence-electron chi connectivity index (χ1n) is 10.9. The van der Waals surface area contributed by atoms with Crippen LogP contribution < -0.4 is 0 Å². The largest absolute Gasteiger partial charge is 0.395 e. The minimum atomic E-state index is -1.03. The average Bonchev–Trinajstić information content (AvgIpc) is 2.99. The zero-order valence-electron chi connectivity index (χ0n) is 17.7. The van der Waals surface area contributed by atoms with E-state index >= 15 is 0 Å². The molecule has 0 aliphatic carbocycles. The van der Waals surface area contributed by atoms with Gasteiger partial charge in [-0.05, 0) is 42.5 Å². The predicted octanol–water partition coefficient (Wildman–Crippen LogP) is 2.81. The van der Waals surface area contributed by atoms with E-state index < -0.39 is 24.3 Å². The van der Waals surface area contributed by atoms with Crippen LogP contribution in [0.1, 0.15) is 38.2 Å². The number of carbonyl (C=O) groups excluding carboxylic acids is 1. The molecule has 0 spiro atoms. The van der Waals surface area contributed by atoms with Crippen LogP contribution in [0, 0.1) is 0 Å². The molecule has 5 nitrogen and oxygen atoms in total. The highest BCUT2D eigenvalue weighted by atomic mass is 16.3. The molecule has 2 aromatic rings. The Balaban J connectivity index is 1.60. The number of aliphatic hydroxyl groups excluding tert-OH is 3. The summed E-state index contributed by atoms with van der Waals surface area (Å²) in [5, 5.41) is 30.5. The molecule has 1 aliphatic heterocycles. The number of aliphatic hydroxyl groups is 3. The fourth-order valence-electron chi connectivity index (χ4n) is 4.45. The van der Waals surface area contributed by atoms with Crippen molar-refractivity contribution >= 4 is 5.78 Å². The molecule has 1 heterocycles. The molecule has 2 aromatic carbocycles. The summed E-state index contributed by atoms with van der Waals surface area (Å²) in [6, 6.07) is 17.8. The quantitative estimate of drug-likeness (QED) is 0.560. The van der Waals surface area contributed by atoms with Gasteiger partial charge in [0.05, 0.1) is 24.9 Å². The highest BCUT2D eigenvalue weighted by molar-refractivity contribution is 5.79. The van der Waals surface area contributed by atoms with Crippen LogP contribution in [0.15, 0.2) is 54.6 Å². The van der Waals surface area contributed by atoms with Gasteiger partial charge in [-0.15, -0.1) is 0 Å². The molecular weight excluding hydrogens is 378 g/mol. The third-order valence-corrected chi connectivity index (χ3v) is 6.09. The van der Waals surface area contributed by atoms with Gasteiger partial charge in [-0.3, -0.25) is 9.69 Å². The molecule has 3 N–H and O–H groups in total. The molecule has 3 rings (SSSR count). The van der Waals surface area contributed by atoms with E-state index in [0.29, 0.717) is 13.0 Å². The van der Waals surface area contributed by atoms with Crippen molar-refractivity contribution in [3.05, 3.63) is 60.2 Å². The molecular formula is C25H33NO4. The summed E-state index contributed by atoms with van der Waals surface area (Å²) >= 11 is 0. The molecule has 0 amide bonds. The van der Waals surface area contributed by atoms with Crippen molar-refractivity contribution in [3.63, 3.8) is 0 Å². The maximum atomic E-state index is 12.2. The van der Waals surface area contributed by atoms with Gasteiger partial charge in [0.2, 0.25) is 0 Å². The number of likely N-dealkylation sites (tertiary alicyclic amines) is 1. The summed E-state index contributed by atoms with van der Waals surface area (Å²) in [5.41, 5.74) is 3.59. The van der Waals surface area contributed by atoms with Gasteiger partial charge in [0.25, 0.3) is 0 Å². The van der Waals surface area contributed by atoms with E-state index in [4.69, 9.17) is 0 Å². The van der Waals surface area contributed by atoms with Crippen LogP contribution >= 0.6 is 0 Å². The summed E-state index contributed by atoms with van der Waals surface area (Å²) < 4.78 is 0. The molecule has 0 radical (unpaired) electrons. The zero-order valence-corrected chi connectivity index (χ0v) is 17.7. The second-order valence-corrected chi connectivity index (χ2v) is 8.20. The van der Waals surface area contributed by atoms with Crippen LogP contribution in [0.4, 0.5) is 0 Å². The number of hydrogen-bond acceptors (Lipinski definition) is 5. The van der Waals surface area contributed by atoms with Crippen molar-refractivity contribution in [2.75, 3.05) is 13.2 Å². The number of rotatable bonds is 10. The fraction of sp³-hybridized carbons (Fsp3) is 0.480. The van der Waals surface area contributed by atoms with Crippen molar-refractivity contribution in [3.8, 4) is 11.1 Å². The van der Waals surface area contributed by atoms with Crippen LogP contribution in [0.3, 0.4) is 0 Å². The zero-order chi connectivity index (χ0) is 21.5. The number of Topliss-reactive ketones (excluding diaryl/α,β-unsaturated/α-hetero) is 1. The number of aryl methyl sites for hydroxylation is 1. The molecule has 162 valence electrons. The van der Waals surface area contributed by atoms with Crippen LogP contribution in [-0.4, -0.2) is 63.4 Å². The number of hydrogen-bond donors (Lipinski definition) is 3. The minimum Gasteiger partial charge on any atom is -0.395 e. The van der Waals surface area contributed by atoms with Crippen molar-refractivity contribution in [2.45, 2.75) is 63.3 Å². The summed E-state index contributed by atoms with van der Waals surface area (Å²) in [5.74, 6) is 0.0915. The normalized spacial score (nSPS) is 24.3. The maximum absolute atomic E-state index is 12.2. The van der Waals surface area contributed by atoms with E-state index in [-0.39, 0.29) is 18.8 Å². The topological polar surface area (TPSA) is 81.0 Å². The first kappa shape index (κ1) is 22.6. The predicted molar refractivity (Wildman–Crippen MR) is 118 cm³/mol. The average molecular weight is 412 g/mol. The Bertz CT molecular complexity index is 793. The van der Waals surface area contributed by atoms with E-state index in [0.717, 1.165) is 19.3 Å². The van der Waals surface area contributed by atoms with Gasteiger partial charge in [0.15, 0.2) is 0 Å². The SMILES string of the molecule is CCCC(=O)C[C@@H]1[C@@H](O)[C@H](O)[C@@H](CO)N1CCCc1ccc(-c2ccccc2)cc1. The van der Waals surface area contributed by atoms with Crippen molar-refractivity contribution in [1.82, 2.24) is 4.90 Å². The molecule has 0 aromatic heterocycles. The first-order valence-corrected chi connectivity index (χ1v) is 10.9. The molecule has 1 saturated heterocycles. The van der Waals surface area contributed by atoms with Crippen LogP contribution in [-0.2, 0) is 11.2 Å². The van der Waals surface area contributed by atoms with E-state index in [9.17, 15) is 20.1 Å². The van der Waals surface area contributed by atoms with E-state index in [1.165, 1.54) is 16.7 Å². The van der Waals surface area contributed by atoms with Crippen LogP contribution in [0.5, 0.6) is 0 Å². The lowest BCUT2D eigenvalue weighted by Crippen LogP contribution is -2.43. The lowest BCUT2D eigenvalue weighted by Gasteiger charge is -2.29. The summed E-state index contributed by atoms with van der Waals surface area (Å²) in [7, 11) is 0. The van der Waals surface area contributed by atoms with E-state index in [1.54, 1.807) is 0 Å². The Kier molecular flexibility index (Phi) is 8.16. The maximum Gasteiger partial charge on any atom is 0.134 e. The third kappa shape index (κ3) is 5.35. The molecule has 5 heteroatoms. The third-order valence-electron chi connectivity index (χ3n) is 6.09. The Morgan fingerprint density at radius 2 is 1.57 bits per heavy atom. The van der Waals surface area contributed by atoms with Gasteiger partial charge in [-0.1, -0.05) is 61.5 Å². The Labute approximate surface area is 179 Å². The summed E-state index contributed by atoms with van der Waals surface area (Å²) in [4.78, 5) is 14.1. The van der Waals surface area contributed by atoms with Gasteiger partial charge < -0.3 is 15.3 Å². The molecule has 30 heavy (non-hydrogen) atoms. The second-order valence-electron chi connectivity index (χ2n) is 8.20. The number of benzene rings is 2. The van der Waals surface area contributed by atoms with Crippen LogP contribution in [0.25, 0.3) is 11.1 Å². The van der Waals surface area contributed by atoms with Gasteiger partial charge in [-0.25, -0.2) is 0 Å². The lowest BCUT2D eigenvalue weighted by atomic mass is 10.0. The summed E-state index contributed by atoms with van der Waals surface area (Å²) in [6.45, 7) is 2.33. The smallest absolute Gasteiger partial charge is 0.134 e. The lowest BCUT2D eigenvalue weighted by molar-refractivity contribution is -0.121. The van der Waals surface area contributed by atoms with Crippen molar-refractivity contribution in [1.29, 1.82) is 0 Å². The molecule has 1 fully saturated rings. The molecule has 4 atom stereocenters. The molecule has 0 saturated carbocycles. The number of nitrogens with zero attached hydrogens (tertiary/aromatic N) is 1. The van der Waals surface area contributed by atoms with E-state index in [2.05, 4.69) is 36.4 Å². The van der Waals surface area contributed by atoms with Gasteiger partial charge in [0, 0.05) is 18.9 Å². The van der Waals surface area contributed by atoms with Crippen molar-refractivity contribution < 1.29 is 20.1 Å². The second kappa shape index (κ2) is 10.8. The van der Waals surface area contributed by atoms with Crippen molar-refractivity contribution in [2.24, 2.45) is 0 Å². The van der Waals surface area contributed by atoms with Gasteiger partial charge in [0.1, 0.15) is 5.78 Å². The number of ketones is 1. The molecule has 0 unspecified atom stereocenters. The minimum absolute atomic E-state index is 0.0915. The van der Waals surface area contributed by atoms with Gasteiger partial charge >= 0.3 is 0 Å². The molecule has 0 bridgehead atoms. The van der Waals surface area contributed by atoms with Crippen LogP contribution in [0.2, 0.25) is 0 Å². The van der Waals surface area contributed by atoms with Gasteiger partial charge in [-0.2, -0.15) is 0 Å². The monoisotopic (exact) mass is 411 g/mol. The highest BCUT2D eigenvalue weighted by Crippen LogP contribution is 2.28. The Morgan fingerprint density at radius 1 is 0.933 bits per heavy atom. The highest BCUT2D eigenvalue weighted by Gasteiger charge is 2.47. The first-order chi connectivity index (χ1) is 14.5. The summed E-state index contributed by atoms with van der Waals surface area (Å²) in [6.07, 6.45) is 1.10.